The molecule has 1 N–H and O–H groups in total. The first-order chi connectivity index (χ1) is 13.8. The smallest absolute Gasteiger partial charge is 0.287 e. The van der Waals surface area contributed by atoms with Gasteiger partial charge in [-0.25, -0.2) is 15.0 Å². The van der Waals surface area contributed by atoms with Crippen molar-refractivity contribution in [1.29, 1.82) is 5.26 Å². The number of amidine groups is 1. The van der Waals surface area contributed by atoms with E-state index in [0.717, 1.165) is 54.4 Å². The van der Waals surface area contributed by atoms with Gasteiger partial charge in [-0.3, -0.25) is 4.68 Å². The number of ether oxygens (including phenoxy) is 1. The van der Waals surface area contributed by atoms with Crippen LogP contribution in [0.4, 0.5) is 0 Å². The van der Waals surface area contributed by atoms with Crippen LogP contribution in [0.25, 0.3) is 22.3 Å². The second kappa shape index (κ2) is 6.96. The molecule has 0 aliphatic carbocycles. The molecule has 9 nitrogen and oxygen atoms in total. The maximum absolute atomic E-state index is 9.40. The number of nitrogens with zero attached hydrogens (tertiary/aromatic N) is 7. The monoisotopic (exact) mass is 376 g/mol. The molecule has 28 heavy (non-hydrogen) atoms. The third-order valence-electron chi connectivity index (χ3n) is 5.48. The van der Waals surface area contributed by atoms with Crippen LogP contribution in [-0.2, 0) is 4.74 Å². The molecular weight excluding hydrogens is 356 g/mol. The lowest BCUT2D eigenvalue weighted by Gasteiger charge is -2.22. The van der Waals surface area contributed by atoms with E-state index in [1.807, 2.05) is 29.3 Å². The van der Waals surface area contributed by atoms with E-state index < -0.39 is 0 Å². The molecule has 0 spiro atoms. The van der Waals surface area contributed by atoms with Crippen molar-refractivity contribution in [3.63, 3.8) is 0 Å². The van der Waals surface area contributed by atoms with Crippen molar-refractivity contribution < 1.29 is 4.74 Å². The van der Waals surface area contributed by atoms with Crippen LogP contribution in [0.5, 0.6) is 0 Å². The van der Waals surface area contributed by atoms with E-state index in [-0.39, 0.29) is 6.04 Å². The van der Waals surface area contributed by atoms with Gasteiger partial charge in [0.2, 0.25) is 0 Å². The summed E-state index contributed by atoms with van der Waals surface area (Å²) in [7, 11) is 0. The lowest BCUT2D eigenvalue weighted by atomic mass is 9.96. The van der Waals surface area contributed by atoms with Crippen molar-refractivity contribution in [3.8, 4) is 17.3 Å². The van der Waals surface area contributed by atoms with Gasteiger partial charge in [0.25, 0.3) is 6.02 Å². The highest BCUT2D eigenvalue weighted by Gasteiger charge is 2.34. The predicted octanol–water partition coefficient (Wildman–Crippen LogP) is 1.98. The van der Waals surface area contributed by atoms with Crippen LogP contribution < -0.4 is 0 Å². The summed E-state index contributed by atoms with van der Waals surface area (Å²) in [5.41, 5.74) is 2.57. The summed E-state index contributed by atoms with van der Waals surface area (Å²) in [5.74, 6) is 0.317. The van der Waals surface area contributed by atoms with Crippen molar-refractivity contribution in [2.24, 2.45) is 10.9 Å². The first kappa shape index (κ1) is 16.7. The number of likely N-dealkylation sites (tertiary alicyclic amines) is 1. The summed E-state index contributed by atoms with van der Waals surface area (Å²) in [6.45, 7) is 3.12. The van der Waals surface area contributed by atoms with E-state index in [0.29, 0.717) is 18.9 Å². The maximum Gasteiger partial charge on any atom is 0.287 e. The van der Waals surface area contributed by atoms with E-state index in [9.17, 15) is 5.26 Å². The summed E-state index contributed by atoms with van der Waals surface area (Å²) in [4.78, 5) is 18.4. The second-order valence-corrected chi connectivity index (χ2v) is 7.11. The van der Waals surface area contributed by atoms with E-state index in [1.165, 1.54) is 0 Å². The topological polar surface area (TPSA) is 108 Å². The Balaban J connectivity index is 1.41. The van der Waals surface area contributed by atoms with Crippen LogP contribution >= 0.6 is 0 Å². The first-order valence-electron chi connectivity index (χ1n) is 9.45. The normalized spacial score (nSPS) is 20.2. The molecule has 0 aromatic carbocycles. The number of aliphatic imine (C=N–C) groups is 1. The van der Waals surface area contributed by atoms with Crippen LogP contribution in [-0.4, -0.2) is 61.9 Å². The maximum atomic E-state index is 9.40. The summed E-state index contributed by atoms with van der Waals surface area (Å²) in [6, 6.07) is 5.05. The molecule has 2 aliphatic heterocycles. The van der Waals surface area contributed by atoms with E-state index >= 15 is 0 Å². The van der Waals surface area contributed by atoms with Crippen molar-refractivity contribution >= 4 is 17.1 Å². The van der Waals surface area contributed by atoms with Gasteiger partial charge in [-0.15, -0.1) is 0 Å². The van der Waals surface area contributed by atoms with Crippen LogP contribution in [0.2, 0.25) is 0 Å². The van der Waals surface area contributed by atoms with Gasteiger partial charge in [-0.1, -0.05) is 0 Å². The highest BCUT2D eigenvalue weighted by molar-refractivity contribution is 5.89. The fourth-order valence-electron chi connectivity index (χ4n) is 4.10. The minimum absolute atomic E-state index is 0.00862. The average Bonchev–Trinajstić information content (AvgIpc) is 3.51. The van der Waals surface area contributed by atoms with Gasteiger partial charge in [-0.05, 0) is 12.5 Å². The number of hydrogen-bond acceptors (Lipinski definition) is 7. The zero-order valence-electron chi connectivity index (χ0n) is 15.3. The molecule has 142 valence electrons. The van der Waals surface area contributed by atoms with E-state index in [2.05, 4.69) is 36.0 Å². The van der Waals surface area contributed by atoms with Crippen molar-refractivity contribution in [2.75, 3.05) is 26.2 Å². The Morgan fingerprint density at radius 1 is 1.39 bits per heavy atom. The van der Waals surface area contributed by atoms with Crippen LogP contribution in [0.15, 0.2) is 36.0 Å². The fourth-order valence-corrected chi connectivity index (χ4v) is 4.10. The highest BCUT2D eigenvalue weighted by Crippen LogP contribution is 2.32. The quantitative estimate of drug-likeness (QED) is 0.746. The Bertz CT molecular complexity index is 1060. The number of nitrogens with one attached hydrogen (secondary N) is 1. The zero-order chi connectivity index (χ0) is 18.9. The largest absolute Gasteiger partial charge is 0.463 e. The number of aromatic nitrogens is 5. The van der Waals surface area contributed by atoms with E-state index in [1.54, 1.807) is 6.33 Å². The minimum atomic E-state index is 0.00862. The number of rotatable bonds is 4. The molecule has 9 heteroatoms. The molecule has 2 atom stereocenters. The molecule has 0 saturated carbocycles. The summed E-state index contributed by atoms with van der Waals surface area (Å²) < 4.78 is 7.52. The summed E-state index contributed by atoms with van der Waals surface area (Å²) >= 11 is 0. The molecule has 5 heterocycles. The Kier molecular flexibility index (Phi) is 4.16. The van der Waals surface area contributed by atoms with Crippen LogP contribution in [0.1, 0.15) is 18.9 Å². The van der Waals surface area contributed by atoms with Gasteiger partial charge in [0.15, 0.2) is 0 Å². The molecule has 3 aromatic heterocycles. The number of fused-ring (bicyclic) bond motifs is 1. The second-order valence-electron chi connectivity index (χ2n) is 7.11. The molecule has 0 bridgehead atoms. The lowest BCUT2D eigenvalue weighted by Crippen LogP contribution is -2.30. The van der Waals surface area contributed by atoms with Crippen molar-refractivity contribution in [2.45, 2.75) is 18.9 Å². The van der Waals surface area contributed by atoms with Gasteiger partial charge in [0.1, 0.15) is 18.6 Å². The molecule has 1 saturated heterocycles. The van der Waals surface area contributed by atoms with Crippen LogP contribution in [0.3, 0.4) is 0 Å². The molecule has 2 unspecified atom stereocenters. The number of aromatic amines is 1. The summed E-state index contributed by atoms with van der Waals surface area (Å²) in [6.07, 6.45) is 8.61. The lowest BCUT2D eigenvalue weighted by molar-refractivity contribution is 0.266. The third-order valence-corrected chi connectivity index (χ3v) is 5.48. The first-order valence-corrected chi connectivity index (χ1v) is 9.45. The minimum Gasteiger partial charge on any atom is -0.463 e. The Morgan fingerprint density at radius 3 is 3.21 bits per heavy atom. The van der Waals surface area contributed by atoms with Crippen molar-refractivity contribution in [1.82, 2.24) is 29.6 Å². The SMILES string of the molecule is N#CCC(C1CCN(C2=NCCO2)C1)n1cc(-c2ncnc3[nH]ccc23)cn1. The van der Waals surface area contributed by atoms with E-state index in [4.69, 9.17) is 4.74 Å². The highest BCUT2D eigenvalue weighted by atomic mass is 16.5. The Morgan fingerprint density at radius 2 is 2.36 bits per heavy atom. The van der Waals surface area contributed by atoms with Gasteiger partial charge in [0.05, 0.1) is 37.0 Å². The zero-order valence-corrected chi connectivity index (χ0v) is 15.3. The van der Waals surface area contributed by atoms with Gasteiger partial charge < -0.3 is 14.6 Å². The molecule has 1 fully saturated rings. The third kappa shape index (κ3) is 2.87. The average molecular weight is 376 g/mol. The van der Waals surface area contributed by atoms with Gasteiger partial charge in [-0.2, -0.15) is 10.4 Å². The fraction of sp³-hybridized carbons (Fsp3) is 0.421. The van der Waals surface area contributed by atoms with Gasteiger partial charge in [0, 0.05) is 42.4 Å². The molecular formula is C19H20N8O. The number of H-pyrrole nitrogens is 1. The molecule has 3 aromatic rings. The molecule has 0 radical (unpaired) electrons. The molecule has 2 aliphatic rings. The Hall–Kier alpha value is -3.41. The number of hydrogen-bond donors (Lipinski definition) is 1. The van der Waals surface area contributed by atoms with Gasteiger partial charge >= 0.3 is 0 Å². The van der Waals surface area contributed by atoms with Crippen molar-refractivity contribution in [3.05, 3.63) is 31.0 Å². The van der Waals surface area contributed by atoms with Crippen LogP contribution in [0, 0.1) is 17.2 Å². The Labute approximate surface area is 161 Å². The standard InChI is InChI=1S/C19H20N8O/c20-4-1-16(13-3-7-26(10-13)19-22-6-8-28-19)27-11-14(9-25-27)17-15-2-5-21-18(15)24-12-23-17/h2,5,9,11-13,16H,1,3,6-8,10H2,(H,21,23,24). The number of nitriles is 1. The summed E-state index contributed by atoms with van der Waals surface area (Å²) in [5, 5.41) is 14.9. The predicted molar refractivity (Wildman–Crippen MR) is 102 cm³/mol. The molecule has 5 rings (SSSR count). The molecule has 0 amide bonds.